The molecule has 0 unspecified atom stereocenters. The van der Waals surface area contributed by atoms with Gasteiger partial charge in [0.1, 0.15) is 0 Å². The molecule has 0 saturated carbocycles. The second-order valence-electron chi connectivity index (χ2n) is 5.88. The molecule has 1 saturated heterocycles. The number of carbonyl (C=O) groups is 3. The molecular formula is C18H23N3O6S. The Morgan fingerprint density at radius 1 is 1.21 bits per heavy atom. The average Bonchev–Trinajstić information content (AvgIpc) is 3.11. The smallest absolute Gasteiger partial charge is 0.331 e. The van der Waals surface area contributed by atoms with Gasteiger partial charge in [-0.1, -0.05) is 26.0 Å². The van der Waals surface area contributed by atoms with Crippen molar-refractivity contribution in [3.05, 3.63) is 35.9 Å². The van der Waals surface area contributed by atoms with E-state index in [0.29, 0.717) is 25.2 Å². The minimum Gasteiger partial charge on any atom is -0.452 e. The molecular weight excluding hydrogens is 386 g/mol. The van der Waals surface area contributed by atoms with Crippen molar-refractivity contribution in [1.82, 2.24) is 14.5 Å². The van der Waals surface area contributed by atoms with Crippen LogP contribution in [0.15, 0.2) is 35.2 Å². The van der Waals surface area contributed by atoms with Crippen LogP contribution >= 0.6 is 0 Å². The number of nitrogens with zero attached hydrogens (tertiary/aromatic N) is 2. The largest absolute Gasteiger partial charge is 0.452 e. The van der Waals surface area contributed by atoms with Crippen LogP contribution in [0.25, 0.3) is 6.08 Å². The monoisotopic (exact) mass is 409 g/mol. The Kier molecular flexibility index (Phi) is 7.30. The van der Waals surface area contributed by atoms with E-state index in [-0.39, 0.29) is 11.4 Å². The number of esters is 1. The first kappa shape index (κ1) is 21.6. The molecule has 2 rings (SSSR count). The van der Waals surface area contributed by atoms with Gasteiger partial charge in [0.05, 0.1) is 4.90 Å². The van der Waals surface area contributed by atoms with Crippen molar-refractivity contribution < 1.29 is 27.5 Å². The van der Waals surface area contributed by atoms with Gasteiger partial charge < -0.3 is 10.1 Å². The fraction of sp³-hybridized carbons (Fsp3) is 0.389. The van der Waals surface area contributed by atoms with Gasteiger partial charge >= 0.3 is 12.0 Å². The highest BCUT2D eigenvalue weighted by molar-refractivity contribution is 7.89. The molecule has 1 aromatic rings. The number of hydrogen-bond donors (Lipinski definition) is 1. The lowest BCUT2D eigenvalue weighted by molar-refractivity contribution is -0.146. The summed E-state index contributed by atoms with van der Waals surface area (Å²) in [5.74, 6) is -1.34. The topological polar surface area (TPSA) is 113 Å². The molecule has 1 aromatic carbocycles. The van der Waals surface area contributed by atoms with Crippen molar-refractivity contribution in [1.29, 1.82) is 0 Å². The third-order valence-corrected chi connectivity index (χ3v) is 6.20. The third-order valence-electron chi connectivity index (χ3n) is 4.13. The van der Waals surface area contributed by atoms with E-state index < -0.39 is 34.5 Å². The Morgan fingerprint density at radius 3 is 2.39 bits per heavy atom. The van der Waals surface area contributed by atoms with Gasteiger partial charge in [-0.25, -0.2) is 18.0 Å². The predicted molar refractivity (Wildman–Crippen MR) is 102 cm³/mol. The number of rotatable bonds is 8. The normalized spacial score (nSPS) is 14.5. The first-order chi connectivity index (χ1) is 13.3. The minimum absolute atomic E-state index is 0.172. The maximum Gasteiger partial charge on any atom is 0.331 e. The molecule has 0 bridgehead atoms. The van der Waals surface area contributed by atoms with Crippen LogP contribution in [0.5, 0.6) is 0 Å². The Bertz CT molecular complexity index is 860. The van der Waals surface area contributed by atoms with Gasteiger partial charge in [-0.3, -0.25) is 9.69 Å². The Morgan fingerprint density at radius 2 is 1.86 bits per heavy atom. The van der Waals surface area contributed by atoms with Gasteiger partial charge in [0.25, 0.3) is 5.91 Å². The molecule has 1 aliphatic heterocycles. The lowest BCUT2D eigenvalue weighted by atomic mass is 10.2. The first-order valence-electron chi connectivity index (χ1n) is 8.82. The molecule has 1 heterocycles. The van der Waals surface area contributed by atoms with Crippen molar-refractivity contribution in [2.75, 3.05) is 32.8 Å². The molecule has 0 aromatic heterocycles. The van der Waals surface area contributed by atoms with Crippen LogP contribution in [-0.2, 0) is 24.3 Å². The van der Waals surface area contributed by atoms with Gasteiger partial charge in [0.15, 0.2) is 6.61 Å². The lowest BCUT2D eigenvalue weighted by Crippen LogP contribution is -2.37. The lowest BCUT2D eigenvalue weighted by Gasteiger charge is -2.18. The number of sulfonamides is 1. The van der Waals surface area contributed by atoms with Crippen LogP contribution in [0.2, 0.25) is 0 Å². The molecule has 0 aliphatic carbocycles. The highest BCUT2D eigenvalue weighted by atomic mass is 32.2. The average molecular weight is 409 g/mol. The fourth-order valence-corrected chi connectivity index (χ4v) is 4.05. The van der Waals surface area contributed by atoms with E-state index in [1.165, 1.54) is 22.5 Å². The molecule has 0 radical (unpaired) electrons. The second-order valence-corrected chi connectivity index (χ2v) is 7.81. The van der Waals surface area contributed by atoms with Crippen LogP contribution in [-0.4, -0.2) is 68.3 Å². The van der Waals surface area contributed by atoms with Gasteiger partial charge in [-0.2, -0.15) is 4.31 Å². The number of benzene rings is 1. The van der Waals surface area contributed by atoms with E-state index in [4.69, 9.17) is 4.74 Å². The van der Waals surface area contributed by atoms with Gasteiger partial charge in [0.2, 0.25) is 10.0 Å². The quantitative estimate of drug-likeness (QED) is 0.503. The van der Waals surface area contributed by atoms with Gasteiger partial charge in [-0.15, -0.1) is 0 Å². The van der Waals surface area contributed by atoms with E-state index in [1.807, 2.05) is 0 Å². The number of nitrogens with one attached hydrogen (secondary N) is 1. The standard InChI is InChI=1S/C18H23N3O6S/c1-3-20(4-2)28(25,26)15-8-5-14(6-9-15)7-10-17(23)27-13-16(22)21-12-11-19-18(21)24/h5-10H,3-4,11-13H2,1-2H3,(H,19,24)/b10-7+. The summed E-state index contributed by atoms with van der Waals surface area (Å²) in [6.07, 6.45) is 2.58. The maximum absolute atomic E-state index is 12.4. The number of carbonyl (C=O) groups excluding carboxylic acids is 3. The van der Waals surface area contributed by atoms with E-state index >= 15 is 0 Å². The summed E-state index contributed by atoms with van der Waals surface area (Å²) in [7, 11) is -3.54. The zero-order valence-electron chi connectivity index (χ0n) is 15.8. The number of ether oxygens (including phenoxy) is 1. The molecule has 9 nitrogen and oxygen atoms in total. The number of amides is 3. The third kappa shape index (κ3) is 5.17. The van der Waals surface area contributed by atoms with Crippen LogP contribution in [0.1, 0.15) is 19.4 Å². The number of hydrogen-bond acceptors (Lipinski definition) is 6. The van der Waals surface area contributed by atoms with E-state index in [1.54, 1.807) is 26.0 Å². The zero-order valence-corrected chi connectivity index (χ0v) is 16.6. The predicted octanol–water partition coefficient (Wildman–Crippen LogP) is 0.825. The van der Waals surface area contributed by atoms with Crippen LogP contribution < -0.4 is 5.32 Å². The van der Waals surface area contributed by atoms with E-state index in [2.05, 4.69) is 5.32 Å². The van der Waals surface area contributed by atoms with Crippen molar-refractivity contribution in [2.45, 2.75) is 18.7 Å². The summed E-state index contributed by atoms with van der Waals surface area (Å²) in [4.78, 5) is 36.0. The van der Waals surface area contributed by atoms with Crippen LogP contribution in [0.3, 0.4) is 0 Å². The fourth-order valence-electron chi connectivity index (χ4n) is 2.60. The van der Waals surface area contributed by atoms with Gasteiger partial charge in [-0.05, 0) is 23.8 Å². The van der Waals surface area contributed by atoms with Crippen LogP contribution in [0.4, 0.5) is 4.79 Å². The highest BCUT2D eigenvalue weighted by Gasteiger charge is 2.26. The van der Waals surface area contributed by atoms with Crippen LogP contribution in [0, 0.1) is 0 Å². The summed E-state index contributed by atoms with van der Waals surface area (Å²) >= 11 is 0. The number of urea groups is 1. The second kappa shape index (κ2) is 9.47. The molecule has 10 heteroatoms. The highest BCUT2D eigenvalue weighted by Crippen LogP contribution is 2.16. The Hall–Kier alpha value is -2.72. The summed E-state index contributed by atoms with van der Waals surface area (Å²) in [6.45, 7) is 4.38. The molecule has 1 N–H and O–H groups in total. The minimum atomic E-state index is -3.54. The summed E-state index contributed by atoms with van der Waals surface area (Å²) in [5, 5.41) is 2.48. The SMILES string of the molecule is CCN(CC)S(=O)(=O)c1ccc(/C=C/C(=O)OCC(=O)N2CCNC2=O)cc1. The summed E-state index contributed by atoms with van der Waals surface area (Å²) < 4.78 is 31.0. The van der Waals surface area contributed by atoms with E-state index in [9.17, 15) is 22.8 Å². The zero-order chi connectivity index (χ0) is 20.7. The van der Waals surface area contributed by atoms with Gasteiger partial charge in [0, 0.05) is 32.3 Å². The molecule has 152 valence electrons. The van der Waals surface area contributed by atoms with Crippen molar-refractivity contribution in [3.8, 4) is 0 Å². The molecule has 28 heavy (non-hydrogen) atoms. The first-order valence-corrected chi connectivity index (χ1v) is 10.3. The summed E-state index contributed by atoms with van der Waals surface area (Å²) in [6, 6.07) is 5.57. The molecule has 3 amide bonds. The van der Waals surface area contributed by atoms with Crippen molar-refractivity contribution >= 4 is 34.0 Å². The summed E-state index contributed by atoms with van der Waals surface area (Å²) in [5.41, 5.74) is 0.598. The molecule has 1 aliphatic rings. The molecule has 0 atom stereocenters. The molecule has 1 fully saturated rings. The Balaban J connectivity index is 1.92. The van der Waals surface area contributed by atoms with E-state index in [0.717, 1.165) is 11.0 Å². The maximum atomic E-state index is 12.4. The molecule has 0 spiro atoms. The Labute approximate surface area is 164 Å². The number of imide groups is 1. The van der Waals surface area contributed by atoms with Crippen molar-refractivity contribution in [2.24, 2.45) is 0 Å². The van der Waals surface area contributed by atoms with Crippen molar-refractivity contribution in [3.63, 3.8) is 0 Å².